The molecular formula is C10H14N6O2S. The lowest BCUT2D eigenvalue weighted by Gasteiger charge is -2.12. The Kier molecular flexibility index (Phi) is 3.86. The van der Waals surface area contributed by atoms with Crippen LogP contribution in [0.3, 0.4) is 0 Å². The summed E-state index contributed by atoms with van der Waals surface area (Å²) in [6.45, 7) is 0.775. The van der Waals surface area contributed by atoms with Crippen molar-refractivity contribution >= 4 is 10.0 Å². The lowest BCUT2D eigenvalue weighted by atomic mass is 10.3. The van der Waals surface area contributed by atoms with E-state index >= 15 is 0 Å². The van der Waals surface area contributed by atoms with E-state index in [2.05, 4.69) is 20.3 Å². The highest BCUT2D eigenvalue weighted by Gasteiger charge is 2.11. The molecule has 2 rings (SSSR count). The van der Waals surface area contributed by atoms with Gasteiger partial charge in [0.1, 0.15) is 12.0 Å². The van der Waals surface area contributed by atoms with E-state index in [9.17, 15) is 8.42 Å². The summed E-state index contributed by atoms with van der Waals surface area (Å²) in [5, 5.41) is 7.93. The maximum Gasteiger partial charge on any atom is 0.211 e. The smallest absolute Gasteiger partial charge is 0.211 e. The summed E-state index contributed by atoms with van der Waals surface area (Å²) in [7, 11) is -1.64. The van der Waals surface area contributed by atoms with Crippen molar-refractivity contribution < 1.29 is 8.42 Å². The molecule has 0 atom stereocenters. The summed E-state index contributed by atoms with van der Waals surface area (Å²) >= 11 is 0. The molecule has 2 aromatic rings. The highest BCUT2D eigenvalue weighted by Crippen LogP contribution is 2.12. The lowest BCUT2D eigenvalue weighted by Crippen LogP contribution is -2.29. The minimum atomic E-state index is -3.17. The van der Waals surface area contributed by atoms with E-state index < -0.39 is 10.0 Å². The molecule has 0 aliphatic carbocycles. The van der Waals surface area contributed by atoms with Gasteiger partial charge in [-0.25, -0.2) is 22.7 Å². The van der Waals surface area contributed by atoms with E-state index in [0.717, 1.165) is 5.56 Å². The summed E-state index contributed by atoms with van der Waals surface area (Å²) < 4.78 is 25.3. The van der Waals surface area contributed by atoms with Gasteiger partial charge in [0.25, 0.3) is 0 Å². The van der Waals surface area contributed by atoms with E-state index in [1.54, 1.807) is 23.3 Å². The number of hydrogen-bond acceptors (Lipinski definition) is 6. The van der Waals surface area contributed by atoms with Crippen LogP contribution in [0.5, 0.6) is 0 Å². The molecule has 0 amide bonds. The van der Waals surface area contributed by atoms with E-state index in [1.165, 1.54) is 23.9 Å². The summed E-state index contributed by atoms with van der Waals surface area (Å²) in [5.74, 6) is 0. The fourth-order valence-corrected chi connectivity index (χ4v) is 1.79. The maximum absolute atomic E-state index is 11.2. The molecule has 0 aliphatic rings. The molecule has 0 aromatic carbocycles. The number of likely N-dealkylation sites (N-methyl/N-ethyl adjacent to an activating group) is 1. The quantitative estimate of drug-likeness (QED) is 0.742. The Morgan fingerprint density at radius 3 is 2.63 bits per heavy atom. The third-order valence-electron chi connectivity index (χ3n) is 2.61. The SMILES string of the molecule is CN(CCn1cc(-c2cncnc2)nn1)S(C)(=O)=O. The van der Waals surface area contributed by atoms with Gasteiger partial charge in [-0.2, -0.15) is 0 Å². The van der Waals surface area contributed by atoms with Gasteiger partial charge in [-0.1, -0.05) is 5.21 Å². The first-order chi connectivity index (χ1) is 8.97. The molecule has 2 heterocycles. The van der Waals surface area contributed by atoms with Crippen LogP contribution < -0.4 is 0 Å². The van der Waals surface area contributed by atoms with Crippen LogP contribution in [0, 0.1) is 0 Å². The number of nitrogens with zero attached hydrogens (tertiary/aromatic N) is 6. The van der Waals surface area contributed by atoms with Gasteiger partial charge in [-0.15, -0.1) is 5.10 Å². The molecule has 0 spiro atoms. The van der Waals surface area contributed by atoms with Crippen LogP contribution in [0.25, 0.3) is 11.3 Å². The second kappa shape index (κ2) is 5.41. The molecular weight excluding hydrogens is 268 g/mol. The Labute approximate surface area is 111 Å². The summed E-state index contributed by atoms with van der Waals surface area (Å²) in [6.07, 6.45) is 7.62. The van der Waals surface area contributed by atoms with Gasteiger partial charge in [0.05, 0.1) is 19.0 Å². The third-order valence-corrected chi connectivity index (χ3v) is 3.92. The van der Waals surface area contributed by atoms with Crippen molar-refractivity contribution in [3.05, 3.63) is 24.9 Å². The topological polar surface area (TPSA) is 93.9 Å². The van der Waals surface area contributed by atoms with Crippen LogP contribution in [-0.2, 0) is 16.6 Å². The van der Waals surface area contributed by atoms with E-state index in [0.29, 0.717) is 18.8 Å². The van der Waals surface area contributed by atoms with Gasteiger partial charge < -0.3 is 0 Å². The molecule has 102 valence electrons. The lowest BCUT2D eigenvalue weighted by molar-refractivity contribution is 0.432. The average Bonchev–Trinajstić information content (AvgIpc) is 2.84. The fraction of sp³-hybridized carbons (Fsp3) is 0.400. The van der Waals surface area contributed by atoms with Crippen molar-refractivity contribution in [1.82, 2.24) is 29.3 Å². The number of sulfonamides is 1. The van der Waals surface area contributed by atoms with Crippen molar-refractivity contribution in [3.63, 3.8) is 0 Å². The van der Waals surface area contributed by atoms with Crippen LogP contribution in [0.15, 0.2) is 24.9 Å². The fourth-order valence-electron chi connectivity index (χ4n) is 1.38. The average molecular weight is 282 g/mol. The molecule has 0 fully saturated rings. The zero-order chi connectivity index (χ0) is 13.9. The van der Waals surface area contributed by atoms with Gasteiger partial charge in [-0.05, 0) is 0 Å². The molecule has 0 unspecified atom stereocenters. The molecule has 0 bridgehead atoms. The van der Waals surface area contributed by atoms with E-state index in [4.69, 9.17) is 0 Å². The molecule has 8 nitrogen and oxygen atoms in total. The van der Waals surface area contributed by atoms with Crippen LogP contribution >= 0.6 is 0 Å². The third kappa shape index (κ3) is 3.55. The standard InChI is InChI=1S/C10H14N6O2S/c1-15(19(2,17)18)3-4-16-7-10(13-14-16)9-5-11-8-12-6-9/h5-8H,3-4H2,1-2H3. The second-order valence-corrected chi connectivity index (χ2v) is 6.17. The van der Waals surface area contributed by atoms with Crippen molar-refractivity contribution in [2.45, 2.75) is 6.54 Å². The molecule has 0 radical (unpaired) electrons. The van der Waals surface area contributed by atoms with Gasteiger partial charge in [0.15, 0.2) is 0 Å². The first-order valence-electron chi connectivity index (χ1n) is 5.53. The molecule has 9 heteroatoms. The Morgan fingerprint density at radius 1 is 1.32 bits per heavy atom. The van der Waals surface area contributed by atoms with Crippen LogP contribution in [-0.4, -0.2) is 57.5 Å². The highest BCUT2D eigenvalue weighted by molar-refractivity contribution is 7.88. The molecule has 0 N–H and O–H groups in total. The van der Waals surface area contributed by atoms with Crippen molar-refractivity contribution in [1.29, 1.82) is 0 Å². The first-order valence-corrected chi connectivity index (χ1v) is 7.38. The maximum atomic E-state index is 11.2. The van der Waals surface area contributed by atoms with Gasteiger partial charge in [-0.3, -0.25) is 4.68 Å². The van der Waals surface area contributed by atoms with Gasteiger partial charge in [0.2, 0.25) is 10.0 Å². The van der Waals surface area contributed by atoms with E-state index in [-0.39, 0.29) is 0 Å². The first kappa shape index (κ1) is 13.6. The molecule has 0 saturated heterocycles. The summed E-state index contributed by atoms with van der Waals surface area (Å²) in [6, 6.07) is 0. The molecule has 19 heavy (non-hydrogen) atoms. The predicted octanol–water partition coefficient (Wildman–Crippen LogP) is -0.373. The van der Waals surface area contributed by atoms with Crippen LogP contribution in [0.4, 0.5) is 0 Å². The highest BCUT2D eigenvalue weighted by atomic mass is 32.2. The van der Waals surface area contributed by atoms with Crippen molar-refractivity contribution in [3.8, 4) is 11.3 Å². The Bertz CT molecular complexity index is 639. The van der Waals surface area contributed by atoms with Gasteiger partial charge >= 0.3 is 0 Å². The Morgan fingerprint density at radius 2 is 2.00 bits per heavy atom. The zero-order valence-electron chi connectivity index (χ0n) is 10.6. The summed E-state index contributed by atoms with van der Waals surface area (Å²) in [5.41, 5.74) is 1.42. The Hall–Kier alpha value is -1.87. The van der Waals surface area contributed by atoms with E-state index in [1.807, 2.05) is 0 Å². The Balaban J connectivity index is 2.03. The molecule has 0 aliphatic heterocycles. The number of rotatable bonds is 5. The van der Waals surface area contributed by atoms with Crippen LogP contribution in [0.2, 0.25) is 0 Å². The number of aromatic nitrogens is 5. The molecule has 2 aromatic heterocycles. The minimum Gasteiger partial charge on any atom is -0.251 e. The second-order valence-electron chi connectivity index (χ2n) is 4.08. The van der Waals surface area contributed by atoms with Crippen molar-refractivity contribution in [2.75, 3.05) is 19.8 Å². The largest absolute Gasteiger partial charge is 0.251 e. The minimum absolute atomic E-state index is 0.340. The summed E-state index contributed by atoms with van der Waals surface area (Å²) in [4.78, 5) is 7.80. The normalized spacial score (nSPS) is 11.9. The van der Waals surface area contributed by atoms with Crippen molar-refractivity contribution in [2.24, 2.45) is 0 Å². The predicted molar refractivity (Wildman–Crippen MR) is 68.5 cm³/mol. The number of hydrogen-bond donors (Lipinski definition) is 0. The molecule has 0 saturated carbocycles. The van der Waals surface area contributed by atoms with Gasteiger partial charge in [0, 0.05) is 31.5 Å². The zero-order valence-corrected chi connectivity index (χ0v) is 11.4. The monoisotopic (exact) mass is 282 g/mol. The van der Waals surface area contributed by atoms with Crippen LogP contribution in [0.1, 0.15) is 0 Å².